The van der Waals surface area contributed by atoms with E-state index >= 15 is 0 Å². The molecule has 17 heavy (non-hydrogen) atoms. The number of fused-ring (bicyclic) bond motifs is 1. The number of nitrogens with one attached hydrogen (secondary N) is 1. The molecule has 0 saturated carbocycles. The predicted molar refractivity (Wildman–Crippen MR) is 61.1 cm³/mol. The van der Waals surface area contributed by atoms with Crippen molar-refractivity contribution in [3.05, 3.63) is 11.3 Å². The molecule has 0 spiro atoms. The maximum Gasteiger partial charge on any atom is 0.272 e. The lowest BCUT2D eigenvalue weighted by atomic mass is 10.2. The SMILES string of the molecule is Cc1c(C(=O)NCCCO)nn2c1OCCC2. The molecule has 94 valence electrons. The third kappa shape index (κ3) is 2.41. The van der Waals surface area contributed by atoms with Gasteiger partial charge in [0.15, 0.2) is 5.69 Å². The first kappa shape index (κ1) is 11.9. The van der Waals surface area contributed by atoms with Crippen LogP contribution in [0, 0.1) is 6.92 Å². The van der Waals surface area contributed by atoms with Crippen molar-refractivity contribution in [2.75, 3.05) is 19.8 Å². The Morgan fingerprint density at radius 2 is 2.47 bits per heavy atom. The second kappa shape index (κ2) is 5.18. The van der Waals surface area contributed by atoms with E-state index in [4.69, 9.17) is 9.84 Å². The second-order valence-corrected chi connectivity index (χ2v) is 4.04. The van der Waals surface area contributed by atoms with Crippen molar-refractivity contribution < 1.29 is 14.6 Å². The van der Waals surface area contributed by atoms with Crippen LogP contribution in [0.15, 0.2) is 0 Å². The smallest absolute Gasteiger partial charge is 0.272 e. The van der Waals surface area contributed by atoms with Gasteiger partial charge in [-0.15, -0.1) is 0 Å². The molecule has 0 atom stereocenters. The summed E-state index contributed by atoms with van der Waals surface area (Å²) in [7, 11) is 0. The number of aromatic nitrogens is 2. The molecule has 2 heterocycles. The van der Waals surface area contributed by atoms with Crippen LogP contribution >= 0.6 is 0 Å². The van der Waals surface area contributed by atoms with Crippen LogP contribution in [0.1, 0.15) is 28.9 Å². The first-order chi connectivity index (χ1) is 8.24. The normalized spacial score (nSPS) is 14.0. The average Bonchev–Trinajstić information content (AvgIpc) is 2.68. The van der Waals surface area contributed by atoms with Crippen molar-refractivity contribution in [3.8, 4) is 5.88 Å². The van der Waals surface area contributed by atoms with Crippen molar-refractivity contribution in [1.29, 1.82) is 0 Å². The van der Waals surface area contributed by atoms with Gasteiger partial charge in [0.25, 0.3) is 5.91 Å². The van der Waals surface area contributed by atoms with Crippen molar-refractivity contribution >= 4 is 5.91 Å². The topological polar surface area (TPSA) is 76.4 Å². The third-order valence-corrected chi connectivity index (χ3v) is 2.72. The van der Waals surface area contributed by atoms with E-state index in [1.54, 1.807) is 4.68 Å². The number of carbonyl (C=O) groups excluding carboxylic acids is 1. The number of hydrogen-bond donors (Lipinski definition) is 2. The number of aliphatic hydroxyl groups is 1. The van der Waals surface area contributed by atoms with E-state index in [1.165, 1.54) is 0 Å². The van der Waals surface area contributed by atoms with Crippen molar-refractivity contribution in [1.82, 2.24) is 15.1 Å². The Morgan fingerprint density at radius 1 is 1.65 bits per heavy atom. The van der Waals surface area contributed by atoms with E-state index in [2.05, 4.69) is 10.4 Å². The third-order valence-electron chi connectivity index (χ3n) is 2.72. The van der Waals surface area contributed by atoms with Crippen LogP contribution in [0.25, 0.3) is 0 Å². The molecule has 0 bridgehead atoms. The number of rotatable bonds is 4. The highest BCUT2D eigenvalue weighted by molar-refractivity contribution is 5.94. The lowest BCUT2D eigenvalue weighted by Gasteiger charge is -2.14. The molecule has 0 aromatic carbocycles. The van der Waals surface area contributed by atoms with Gasteiger partial charge in [-0.25, -0.2) is 4.68 Å². The Labute approximate surface area is 99.6 Å². The van der Waals surface area contributed by atoms with Crippen LogP contribution in [0.5, 0.6) is 5.88 Å². The van der Waals surface area contributed by atoms with Gasteiger partial charge < -0.3 is 15.2 Å². The van der Waals surface area contributed by atoms with E-state index in [0.29, 0.717) is 31.1 Å². The van der Waals surface area contributed by atoms with Gasteiger partial charge in [0, 0.05) is 31.7 Å². The quantitative estimate of drug-likeness (QED) is 0.730. The summed E-state index contributed by atoms with van der Waals surface area (Å²) in [5.41, 5.74) is 1.20. The monoisotopic (exact) mass is 239 g/mol. The van der Waals surface area contributed by atoms with Crippen LogP contribution in [0.3, 0.4) is 0 Å². The molecule has 0 fully saturated rings. The molecule has 0 unspecified atom stereocenters. The number of aryl methyl sites for hydroxylation is 1. The predicted octanol–water partition coefficient (Wildman–Crippen LogP) is 0.0862. The fourth-order valence-electron chi connectivity index (χ4n) is 1.83. The number of carbonyl (C=O) groups is 1. The molecule has 1 aromatic rings. The molecule has 0 aliphatic carbocycles. The first-order valence-electron chi connectivity index (χ1n) is 5.83. The molecule has 6 nitrogen and oxygen atoms in total. The molecular formula is C11H17N3O3. The average molecular weight is 239 g/mol. The summed E-state index contributed by atoms with van der Waals surface area (Å²) in [5, 5.41) is 15.6. The zero-order chi connectivity index (χ0) is 12.3. The van der Waals surface area contributed by atoms with Gasteiger partial charge in [-0.05, 0) is 13.3 Å². The molecule has 6 heteroatoms. The maximum absolute atomic E-state index is 11.8. The molecule has 2 rings (SSSR count). The first-order valence-corrected chi connectivity index (χ1v) is 5.83. The zero-order valence-corrected chi connectivity index (χ0v) is 9.90. The number of amides is 1. The van der Waals surface area contributed by atoms with Crippen LogP contribution < -0.4 is 10.1 Å². The van der Waals surface area contributed by atoms with Crippen molar-refractivity contribution in [2.45, 2.75) is 26.3 Å². The summed E-state index contributed by atoms with van der Waals surface area (Å²) in [6, 6.07) is 0. The van der Waals surface area contributed by atoms with Gasteiger partial charge in [0.1, 0.15) is 0 Å². The van der Waals surface area contributed by atoms with Gasteiger partial charge >= 0.3 is 0 Å². The minimum absolute atomic E-state index is 0.0715. The van der Waals surface area contributed by atoms with Crippen LogP contribution in [0.4, 0.5) is 0 Å². The summed E-state index contributed by atoms with van der Waals surface area (Å²) in [6.45, 7) is 3.84. The van der Waals surface area contributed by atoms with Crippen LogP contribution in [-0.4, -0.2) is 40.6 Å². The minimum Gasteiger partial charge on any atom is -0.478 e. The van der Waals surface area contributed by atoms with Crippen LogP contribution in [0.2, 0.25) is 0 Å². The molecule has 1 aliphatic rings. The molecular weight excluding hydrogens is 222 g/mol. The van der Waals surface area contributed by atoms with Crippen molar-refractivity contribution in [2.24, 2.45) is 0 Å². The number of aliphatic hydroxyl groups excluding tert-OH is 1. The molecule has 1 amide bonds. The second-order valence-electron chi connectivity index (χ2n) is 4.04. The standard InChI is InChI=1S/C11H17N3O3/c1-8-9(10(16)12-4-2-6-15)13-14-5-3-7-17-11(8)14/h15H,2-7H2,1H3,(H,12,16). The molecule has 0 radical (unpaired) electrons. The maximum atomic E-state index is 11.8. The Balaban J connectivity index is 2.10. The fraction of sp³-hybridized carbons (Fsp3) is 0.636. The van der Waals surface area contributed by atoms with Crippen molar-refractivity contribution in [3.63, 3.8) is 0 Å². The highest BCUT2D eigenvalue weighted by Gasteiger charge is 2.22. The summed E-state index contributed by atoms with van der Waals surface area (Å²) in [5.74, 6) is 0.491. The largest absolute Gasteiger partial charge is 0.478 e. The number of nitrogens with zero attached hydrogens (tertiary/aromatic N) is 2. The number of hydrogen-bond acceptors (Lipinski definition) is 4. The van der Waals surface area contributed by atoms with Crippen LogP contribution in [-0.2, 0) is 6.54 Å². The number of ether oxygens (including phenoxy) is 1. The van der Waals surface area contributed by atoms with E-state index in [0.717, 1.165) is 18.5 Å². The summed E-state index contributed by atoms with van der Waals surface area (Å²) < 4.78 is 7.23. The molecule has 1 aliphatic heterocycles. The Morgan fingerprint density at radius 3 is 3.18 bits per heavy atom. The van der Waals surface area contributed by atoms with Gasteiger partial charge in [-0.3, -0.25) is 4.79 Å². The zero-order valence-electron chi connectivity index (χ0n) is 9.90. The summed E-state index contributed by atoms with van der Waals surface area (Å²) in [4.78, 5) is 11.8. The Bertz CT molecular complexity index is 414. The van der Waals surface area contributed by atoms with E-state index < -0.39 is 0 Å². The minimum atomic E-state index is -0.207. The lowest BCUT2D eigenvalue weighted by molar-refractivity contribution is 0.0944. The molecule has 2 N–H and O–H groups in total. The fourth-order valence-corrected chi connectivity index (χ4v) is 1.83. The highest BCUT2D eigenvalue weighted by atomic mass is 16.5. The Kier molecular flexibility index (Phi) is 3.63. The Hall–Kier alpha value is -1.56. The van der Waals surface area contributed by atoms with E-state index in [1.807, 2.05) is 6.92 Å². The lowest BCUT2D eigenvalue weighted by Crippen LogP contribution is -2.26. The molecule has 0 saturated heterocycles. The van der Waals surface area contributed by atoms with E-state index in [-0.39, 0.29) is 12.5 Å². The summed E-state index contributed by atoms with van der Waals surface area (Å²) in [6.07, 6.45) is 1.47. The molecule has 1 aromatic heterocycles. The highest BCUT2D eigenvalue weighted by Crippen LogP contribution is 2.24. The van der Waals surface area contributed by atoms with Gasteiger partial charge in [-0.2, -0.15) is 5.10 Å². The van der Waals surface area contributed by atoms with E-state index in [9.17, 15) is 4.79 Å². The van der Waals surface area contributed by atoms with Gasteiger partial charge in [-0.1, -0.05) is 0 Å². The summed E-state index contributed by atoms with van der Waals surface area (Å²) >= 11 is 0. The van der Waals surface area contributed by atoms with Gasteiger partial charge in [0.2, 0.25) is 5.88 Å². The van der Waals surface area contributed by atoms with Gasteiger partial charge in [0.05, 0.1) is 6.61 Å².